The van der Waals surface area contributed by atoms with Crippen LogP contribution < -0.4 is 21.3 Å². The molecule has 0 bridgehead atoms. The molecule has 198 valence electrons. The van der Waals surface area contributed by atoms with Gasteiger partial charge in [-0.2, -0.15) is 0 Å². The van der Waals surface area contributed by atoms with Crippen LogP contribution in [0, 0.1) is 0 Å². The predicted molar refractivity (Wildman–Crippen MR) is 145 cm³/mol. The highest BCUT2D eigenvalue weighted by atomic mass is 16.5. The summed E-state index contributed by atoms with van der Waals surface area (Å²) < 4.78 is 18.4. The second-order valence-electron chi connectivity index (χ2n) is 8.70. The minimum atomic E-state index is -0.677. The van der Waals surface area contributed by atoms with E-state index in [9.17, 15) is 19.2 Å². The fourth-order valence-electron chi connectivity index (χ4n) is 4.41. The van der Waals surface area contributed by atoms with Gasteiger partial charge in [0.1, 0.15) is 23.4 Å². The van der Waals surface area contributed by atoms with Crippen molar-refractivity contribution in [2.45, 2.75) is 20.0 Å². The Morgan fingerprint density at radius 3 is 2.38 bits per heavy atom. The number of hydrogen-bond acceptors (Lipinski definition) is 7. The smallest absolute Gasteiger partial charge is 0.340 e. The Labute approximate surface area is 222 Å². The van der Waals surface area contributed by atoms with Crippen molar-refractivity contribution in [3.63, 3.8) is 0 Å². The lowest BCUT2D eigenvalue weighted by Gasteiger charge is -2.14. The quantitative estimate of drug-likeness (QED) is 0.305. The van der Waals surface area contributed by atoms with Crippen molar-refractivity contribution in [1.82, 2.24) is 9.13 Å². The van der Waals surface area contributed by atoms with Gasteiger partial charge in [-0.15, -0.1) is 0 Å². The summed E-state index contributed by atoms with van der Waals surface area (Å²) in [7, 11) is 1.55. The molecule has 2 aromatic heterocycles. The Morgan fingerprint density at radius 2 is 1.64 bits per heavy atom. The van der Waals surface area contributed by atoms with Crippen LogP contribution >= 0.6 is 0 Å². The largest absolute Gasteiger partial charge is 0.497 e. The molecular weight excluding hydrogens is 502 g/mol. The van der Waals surface area contributed by atoms with E-state index in [-0.39, 0.29) is 35.5 Å². The molecule has 1 N–H and O–H groups in total. The number of furan rings is 1. The third kappa shape index (κ3) is 4.91. The molecule has 3 aromatic carbocycles. The first kappa shape index (κ1) is 25.5. The molecule has 1 amide bonds. The number of rotatable bonds is 8. The lowest BCUT2D eigenvalue weighted by Crippen LogP contribution is -2.41. The van der Waals surface area contributed by atoms with E-state index in [1.807, 2.05) is 0 Å². The minimum Gasteiger partial charge on any atom is -0.497 e. The van der Waals surface area contributed by atoms with Gasteiger partial charge in [0, 0.05) is 5.39 Å². The zero-order valence-electron chi connectivity index (χ0n) is 21.3. The number of esters is 1. The first-order valence-electron chi connectivity index (χ1n) is 12.2. The second-order valence-corrected chi connectivity index (χ2v) is 8.70. The van der Waals surface area contributed by atoms with Gasteiger partial charge in [0.25, 0.3) is 5.56 Å². The SMILES string of the molecule is CCOC(=O)c1ccccc1NC(=O)Cn1c(=O)n(Cc2ccc(OC)cc2)c(=O)c2oc3ccccc3c21. The van der Waals surface area contributed by atoms with Crippen LogP contribution in [0.15, 0.2) is 86.8 Å². The lowest BCUT2D eigenvalue weighted by molar-refractivity contribution is -0.116. The third-order valence-corrected chi connectivity index (χ3v) is 6.24. The topological polar surface area (TPSA) is 122 Å². The summed E-state index contributed by atoms with van der Waals surface area (Å²) in [6, 6.07) is 20.3. The number of fused-ring (bicyclic) bond motifs is 3. The minimum absolute atomic E-state index is 0.0379. The monoisotopic (exact) mass is 527 g/mol. The number of aromatic nitrogens is 2. The number of anilines is 1. The molecule has 0 fully saturated rings. The number of hydrogen-bond donors (Lipinski definition) is 1. The maximum atomic E-state index is 13.7. The van der Waals surface area contributed by atoms with Gasteiger partial charge in [0.05, 0.1) is 31.5 Å². The highest BCUT2D eigenvalue weighted by Gasteiger charge is 2.22. The van der Waals surface area contributed by atoms with E-state index in [4.69, 9.17) is 13.9 Å². The van der Waals surface area contributed by atoms with Crippen LogP contribution in [0.5, 0.6) is 5.75 Å². The van der Waals surface area contributed by atoms with E-state index in [0.717, 1.165) is 4.57 Å². The first-order chi connectivity index (χ1) is 18.9. The summed E-state index contributed by atoms with van der Waals surface area (Å²) in [5, 5.41) is 3.22. The number of methoxy groups -OCH3 is 1. The molecule has 0 saturated heterocycles. The molecule has 10 nitrogen and oxygen atoms in total. The molecule has 5 rings (SSSR count). The van der Waals surface area contributed by atoms with E-state index in [1.54, 1.807) is 80.8 Å². The van der Waals surface area contributed by atoms with Crippen LogP contribution in [-0.2, 0) is 22.6 Å². The lowest BCUT2D eigenvalue weighted by atomic mass is 10.2. The zero-order chi connectivity index (χ0) is 27.5. The maximum absolute atomic E-state index is 13.7. The first-order valence-corrected chi connectivity index (χ1v) is 12.2. The predicted octanol–water partition coefficient (Wildman–Crippen LogP) is 3.78. The summed E-state index contributed by atoms with van der Waals surface area (Å²) in [6.07, 6.45) is 0. The van der Waals surface area contributed by atoms with Gasteiger partial charge in [-0.05, 0) is 48.9 Å². The fourth-order valence-corrected chi connectivity index (χ4v) is 4.41. The molecule has 0 atom stereocenters. The van der Waals surface area contributed by atoms with E-state index in [1.165, 1.54) is 10.6 Å². The van der Waals surface area contributed by atoms with Gasteiger partial charge in [0.15, 0.2) is 0 Å². The average Bonchev–Trinajstić information content (AvgIpc) is 3.34. The van der Waals surface area contributed by atoms with Gasteiger partial charge in [-0.1, -0.05) is 36.4 Å². The van der Waals surface area contributed by atoms with Gasteiger partial charge in [-0.25, -0.2) is 9.59 Å². The van der Waals surface area contributed by atoms with E-state index in [2.05, 4.69) is 5.32 Å². The zero-order valence-corrected chi connectivity index (χ0v) is 21.3. The Morgan fingerprint density at radius 1 is 0.923 bits per heavy atom. The summed E-state index contributed by atoms with van der Waals surface area (Å²) in [6.45, 7) is 1.39. The Balaban J connectivity index is 1.59. The van der Waals surface area contributed by atoms with Crippen LogP contribution in [0.4, 0.5) is 5.69 Å². The van der Waals surface area contributed by atoms with Crippen LogP contribution in [0.3, 0.4) is 0 Å². The van der Waals surface area contributed by atoms with Crippen LogP contribution in [0.1, 0.15) is 22.8 Å². The maximum Gasteiger partial charge on any atom is 0.340 e. The van der Waals surface area contributed by atoms with Gasteiger partial charge < -0.3 is 19.2 Å². The van der Waals surface area contributed by atoms with Crippen LogP contribution in [0.2, 0.25) is 0 Å². The third-order valence-electron chi connectivity index (χ3n) is 6.24. The van der Waals surface area contributed by atoms with E-state index in [0.29, 0.717) is 22.3 Å². The van der Waals surface area contributed by atoms with Crippen molar-refractivity contribution < 1.29 is 23.5 Å². The Bertz CT molecular complexity index is 1810. The summed E-state index contributed by atoms with van der Waals surface area (Å²) in [4.78, 5) is 52.8. The van der Waals surface area contributed by atoms with Crippen molar-refractivity contribution in [1.29, 1.82) is 0 Å². The van der Waals surface area contributed by atoms with Gasteiger partial charge in [-0.3, -0.25) is 18.7 Å². The molecule has 0 saturated carbocycles. The number of carbonyl (C=O) groups is 2. The molecule has 0 aliphatic carbocycles. The highest BCUT2D eigenvalue weighted by molar-refractivity contribution is 6.04. The molecule has 39 heavy (non-hydrogen) atoms. The summed E-state index contributed by atoms with van der Waals surface area (Å²) in [5.74, 6) is -0.520. The summed E-state index contributed by atoms with van der Waals surface area (Å²) in [5.41, 5.74) is 0.426. The van der Waals surface area contributed by atoms with Crippen molar-refractivity contribution in [3.8, 4) is 5.75 Å². The number of para-hydroxylation sites is 2. The number of benzene rings is 3. The number of ether oxygens (including phenoxy) is 2. The number of nitrogens with zero attached hydrogens (tertiary/aromatic N) is 2. The molecule has 10 heteroatoms. The van der Waals surface area contributed by atoms with Crippen molar-refractivity contribution in [2.75, 3.05) is 19.0 Å². The van der Waals surface area contributed by atoms with E-state index >= 15 is 0 Å². The molecule has 2 heterocycles. The van der Waals surface area contributed by atoms with Gasteiger partial charge in [0.2, 0.25) is 11.5 Å². The number of carbonyl (C=O) groups excluding carboxylic acids is 2. The Hall–Kier alpha value is -5.12. The molecule has 5 aromatic rings. The van der Waals surface area contributed by atoms with Crippen LogP contribution in [0.25, 0.3) is 22.1 Å². The molecule has 0 aliphatic rings. The second kappa shape index (κ2) is 10.7. The molecule has 0 radical (unpaired) electrons. The van der Waals surface area contributed by atoms with Gasteiger partial charge >= 0.3 is 11.7 Å². The number of nitrogens with one attached hydrogen (secondary N) is 1. The normalized spacial score (nSPS) is 11.0. The number of amides is 1. The molecule has 0 spiro atoms. The van der Waals surface area contributed by atoms with Crippen LogP contribution in [-0.4, -0.2) is 34.7 Å². The highest BCUT2D eigenvalue weighted by Crippen LogP contribution is 2.26. The Kier molecular flexibility index (Phi) is 7.00. The summed E-state index contributed by atoms with van der Waals surface area (Å²) >= 11 is 0. The van der Waals surface area contributed by atoms with Crippen molar-refractivity contribution in [3.05, 3.63) is 105 Å². The van der Waals surface area contributed by atoms with Crippen molar-refractivity contribution >= 4 is 39.6 Å². The molecule has 0 unspecified atom stereocenters. The molecular formula is C29H25N3O7. The van der Waals surface area contributed by atoms with Crippen molar-refractivity contribution in [2.24, 2.45) is 0 Å². The standard InChI is InChI=1S/C29H25N3O7/c1-3-38-28(35)20-8-4-6-10-22(20)30-24(33)17-31-25-21-9-5-7-11-23(21)39-26(25)27(34)32(29(31)36)16-18-12-14-19(37-2)15-13-18/h4-15H,3,16-17H2,1-2H3,(H,30,33). The van der Waals surface area contributed by atoms with E-state index < -0.39 is 29.7 Å². The fraction of sp³-hybridized carbons (Fsp3) is 0.172. The molecule has 0 aliphatic heterocycles. The average molecular weight is 528 g/mol.